The minimum atomic E-state index is -3.74. The lowest BCUT2D eigenvalue weighted by Crippen LogP contribution is -2.24. The van der Waals surface area contributed by atoms with Gasteiger partial charge in [0, 0.05) is 17.5 Å². The van der Waals surface area contributed by atoms with Crippen LogP contribution in [-0.2, 0) is 27.8 Å². The van der Waals surface area contributed by atoms with E-state index in [2.05, 4.69) is 5.32 Å². The summed E-state index contributed by atoms with van der Waals surface area (Å²) >= 11 is 0. The van der Waals surface area contributed by atoms with Crippen molar-refractivity contribution in [2.75, 3.05) is 0 Å². The highest BCUT2D eigenvalue weighted by Crippen LogP contribution is 2.22. The van der Waals surface area contributed by atoms with Crippen LogP contribution in [0.3, 0.4) is 0 Å². The van der Waals surface area contributed by atoms with Crippen molar-refractivity contribution in [3.05, 3.63) is 65.7 Å². The number of primary sulfonamides is 1. The van der Waals surface area contributed by atoms with Gasteiger partial charge >= 0.3 is 0 Å². The van der Waals surface area contributed by atoms with Gasteiger partial charge < -0.3 is 9.73 Å². The maximum Gasteiger partial charge on any atom is 0.238 e. The first-order valence-corrected chi connectivity index (χ1v) is 8.91. The maximum absolute atomic E-state index is 13.3. The molecule has 0 aliphatic carbocycles. The molecule has 25 heavy (non-hydrogen) atoms. The highest BCUT2D eigenvalue weighted by molar-refractivity contribution is 7.89. The second-order valence-corrected chi connectivity index (χ2v) is 7.11. The normalized spacial score (nSPS) is 11.6. The molecule has 1 amide bonds. The summed E-state index contributed by atoms with van der Waals surface area (Å²) in [5, 5.41) is 8.31. The summed E-state index contributed by atoms with van der Waals surface area (Å²) < 4.78 is 41.0. The number of carbonyl (C=O) groups is 1. The molecule has 0 aliphatic rings. The largest absolute Gasteiger partial charge is 0.464 e. The molecule has 8 heteroatoms. The van der Waals surface area contributed by atoms with Gasteiger partial charge in [-0.1, -0.05) is 12.1 Å². The van der Waals surface area contributed by atoms with E-state index in [1.165, 1.54) is 36.6 Å². The van der Waals surface area contributed by atoms with Gasteiger partial charge in [0.15, 0.2) is 0 Å². The van der Waals surface area contributed by atoms with Crippen molar-refractivity contribution in [1.82, 2.24) is 5.32 Å². The van der Waals surface area contributed by atoms with Crippen molar-refractivity contribution in [3.63, 3.8) is 0 Å². The second-order valence-electron chi connectivity index (χ2n) is 5.54. The van der Waals surface area contributed by atoms with Gasteiger partial charge in [0.1, 0.15) is 11.4 Å². The molecular formula is C17H15FN2O4S. The molecule has 6 nitrogen and oxygen atoms in total. The Labute approximate surface area is 143 Å². The van der Waals surface area contributed by atoms with Crippen LogP contribution in [0.2, 0.25) is 0 Å². The third-order valence-corrected chi connectivity index (χ3v) is 4.64. The van der Waals surface area contributed by atoms with Crippen LogP contribution in [0.5, 0.6) is 0 Å². The average Bonchev–Trinajstić information content (AvgIpc) is 2.95. The van der Waals surface area contributed by atoms with E-state index in [4.69, 9.17) is 9.56 Å². The fraction of sp³-hybridized carbons (Fsp3) is 0.118. The standard InChI is InChI=1S/C17H15FN2O4S/c18-13-3-6-16-15(8-13)12(10-24-16)7-17(21)20-9-11-1-4-14(5-2-11)25(19,22)23/h1-6,8,10H,7,9H2,(H,20,21)(H2,19,22,23). The Morgan fingerprint density at radius 3 is 2.56 bits per heavy atom. The predicted octanol–water partition coefficient (Wildman–Crippen LogP) is 2.08. The zero-order valence-electron chi connectivity index (χ0n) is 13.0. The minimum absolute atomic E-state index is 0.00877. The van der Waals surface area contributed by atoms with Crippen LogP contribution in [0.4, 0.5) is 4.39 Å². The lowest BCUT2D eigenvalue weighted by Gasteiger charge is -2.06. The van der Waals surface area contributed by atoms with E-state index in [-0.39, 0.29) is 23.8 Å². The lowest BCUT2D eigenvalue weighted by atomic mass is 10.1. The van der Waals surface area contributed by atoms with Gasteiger partial charge in [0.05, 0.1) is 17.6 Å². The first-order valence-electron chi connectivity index (χ1n) is 7.37. The van der Waals surface area contributed by atoms with Crippen LogP contribution < -0.4 is 10.5 Å². The number of halogens is 1. The van der Waals surface area contributed by atoms with Gasteiger partial charge in [-0.05, 0) is 35.9 Å². The molecule has 0 radical (unpaired) electrons. The number of hydrogen-bond acceptors (Lipinski definition) is 4. The molecule has 0 saturated carbocycles. The summed E-state index contributed by atoms with van der Waals surface area (Å²) in [6.45, 7) is 0.230. The van der Waals surface area contributed by atoms with Crippen LogP contribution >= 0.6 is 0 Å². The highest BCUT2D eigenvalue weighted by Gasteiger charge is 2.12. The summed E-state index contributed by atoms with van der Waals surface area (Å²) in [5.74, 6) is -0.659. The average molecular weight is 362 g/mol. The number of furan rings is 1. The van der Waals surface area contributed by atoms with Gasteiger partial charge in [0.25, 0.3) is 0 Å². The molecule has 1 aromatic heterocycles. The van der Waals surface area contributed by atoms with Gasteiger partial charge in [-0.2, -0.15) is 0 Å². The summed E-state index contributed by atoms with van der Waals surface area (Å²) in [4.78, 5) is 12.1. The number of benzene rings is 2. The summed E-state index contributed by atoms with van der Waals surface area (Å²) in [5.41, 5.74) is 1.84. The fourth-order valence-corrected chi connectivity index (χ4v) is 2.94. The van der Waals surface area contributed by atoms with E-state index in [0.717, 1.165) is 5.56 Å². The molecular weight excluding hydrogens is 347 g/mol. The van der Waals surface area contributed by atoms with Gasteiger partial charge in [-0.3, -0.25) is 4.79 Å². The molecule has 0 aliphatic heterocycles. The Morgan fingerprint density at radius 1 is 1.16 bits per heavy atom. The number of amides is 1. The first-order chi connectivity index (χ1) is 11.8. The van der Waals surface area contributed by atoms with Crippen molar-refractivity contribution >= 4 is 26.9 Å². The molecule has 3 aromatic rings. The SMILES string of the molecule is NS(=O)(=O)c1ccc(CNC(=O)Cc2coc3ccc(F)cc23)cc1. The molecule has 2 aromatic carbocycles. The van der Waals surface area contributed by atoms with Crippen molar-refractivity contribution in [2.45, 2.75) is 17.9 Å². The van der Waals surface area contributed by atoms with Gasteiger partial charge in [-0.15, -0.1) is 0 Å². The number of nitrogens with two attached hydrogens (primary N) is 1. The van der Waals surface area contributed by atoms with Crippen LogP contribution in [-0.4, -0.2) is 14.3 Å². The molecule has 0 spiro atoms. The third-order valence-electron chi connectivity index (χ3n) is 3.71. The molecule has 0 unspecified atom stereocenters. The number of carbonyl (C=O) groups excluding carboxylic acids is 1. The quantitative estimate of drug-likeness (QED) is 0.725. The molecule has 0 saturated heterocycles. The number of fused-ring (bicyclic) bond motifs is 1. The molecule has 0 bridgehead atoms. The van der Waals surface area contributed by atoms with Gasteiger partial charge in [-0.25, -0.2) is 17.9 Å². The monoisotopic (exact) mass is 362 g/mol. The molecule has 3 N–H and O–H groups in total. The minimum Gasteiger partial charge on any atom is -0.464 e. The number of sulfonamides is 1. The Bertz CT molecular complexity index is 1030. The smallest absolute Gasteiger partial charge is 0.238 e. The van der Waals surface area contributed by atoms with E-state index in [0.29, 0.717) is 16.5 Å². The lowest BCUT2D eigenvalue weighted by molar-refractivity contribution is -0.120. The van der Waals surface area contributed by atoms with Gasteiger partial charge in [0.2, 0.25) is 15.9 Å². The number of hydrogen-bond donors (Lipinski definition) is 2. The van der Waals surface area contributed by atoms with Crippen molar-refractivity contribution in [1.29, 1.82) is 0 Å². The van der Waals surface area contributed by atoms with E-state index in [1.807, 2.05) is 0 Å². The third kappa shape index (κ3) is 4.04. The summed E-state index contributed by atoms with van der Waals surface area (Å²) in [6, 6.07) is 10.0. The van der Waals surface area contributed by atoms with Crippen LogP contribution in [0.15, 0.2) is 58.0 Å². The Hall–Kier alpha value is -2.71. The van der Waals surface area contributed by atoms with Crippen molar-refractivity contribution in [2.24, 2.45) is 5.14 Å². The first kappa shape index (κ1) is 17.1. The van der Waals surface area contributed by atoms with Crippen LogP contribution in [0.25, 0.3) is 11.0 Å². The van der Waals surface area contributed by atoms with Crippen molar-refractivity contribution < 1.29 is 22.0 Å². The topological polar surface area (TPSA) is 102 Å². The molecule has 3 rings (SSSR count). The molecule has 130 valence electrons. The fourth-order valence-electron chi connectivity index (χ4n) is 2.42. The Morgan fingerprint density at radius 2 is 1.88 bits per heavy atom. The maximum atomic E-state index is 13.3. The Kier molecular flexibility index (Phi) is 4.56. The molecule has 0 fully saturated rings. The molecule has 0 atom stereocenters. The van der Waals surface area contributed by atoms with Crippen LogP contribution in [0.1, 0.15) is 11.1 Å². The second kappa shape index (κ2) is 6.66. The summed E-state index contributed by atoms with van der Waals surface area (Å²) in [6.07, 6.45) is 1.48. The van der Waals surface area contributed by atoms with E-state index in [1.54, 1.807) is 12.1 Å². The zero-order chi connectivity index (χ0) is 18.0. The van der Waals surface area contributed by atoms with E-state index < -0.39 is 15.8 Å². The predicted molar refractivity (Wildman–Crippen MR) is 89.5 cm³/mol. The highest BCUT2D eigenvalue weighted by atomic mass is 32.2. The summed E-state index contributed by atoms with van der Waals surface area (Å²) in [7, 11) is -3.74. The van der Waals surface area contributed by atoms with Crippen LogP contribution in [0, 0.1) is 5.82 Å². The van der Waals surface area contributed by atoms with E-state index in [9.17, 15) is 17.6 Å². The van der Waals surface area contributed by atoms with E-state index >= 15 is 0 Å². The zero-order valence-corrected chi connectivity index (χ0v) is 13.8. The van der Waals surface area contributed by atoms with Crippen molar-refractivity contribution in [3.8, 4) is 0 Å². The number of nitrogens with one attached hydrogen (secondary N) is 1. The Balaban J connectivity index is 1.63. The molecule has 1 heterocycles. The number of rotatable bonds is 5.